The van der Waals surface area contributed by atoms with E-state index in [1.807, 2.05) is 0 Å². The molecular weight excluding hydrogens is 733 g/mol. The Kier molecular flexibility index (Phi) is 58.3. The van der Waals surface area contributed by atoms with Crippen LogP contribution in [0.1, 0.15) is 272 Å². The van der Waals surface area contributed by atoms with Gasteiger partial charge in [-0.1, -0.05) is 207 Å². The maximum atomic E-state index is 10.4. The van der Waals surface area contributed by atoms with Gasteiger partial charge in [0.05, 0.1) is 0 Å². The van der Waals surface area contributed by atoms with Crippen LogP contribution in [0.3, 0.4) is 0 Å². The van der Waals surface area contributed by atoms with Crippen LogP contribution in [0, 0.1) is 0 Å². The van der Waals surface area contributed by atoms with Gasteiger partial charge in [0, 0.05) is 11.9 Å². The Hall–Kier alpha value is 0.120. The molecule has 57 heavy (non-hydrogen) atoms. The molecule has 0 aromatic rings. The minimum absolute atomic E-state index is 0. The van der Waals surface area contributed by atoms with Crippen molar-refractivity contribution in [1.82, 2.24) is 9.80 Å². The minimum Gasteiger partial charge on any atom is -0.550 e. The van der Waals surface area contributed by atoms with Gasteiger partial charge in [-0.3, -0.25) is 0 Å². The first kappa shape index (κ1) is 61.4. The zero-order chi connectivity index (χ0) is 41.4. The molecule has 0 radical (unpaired) electrons. The third-order valence-electron chi connectivity index (χ3n) is 11.5. The summed E-state index contributed by atoms with van der Waals surface area (Å²) >= 11 is 0. The fourth-order valence-electron chi connectivity index (χ4n) is 7.76. The quantitative estimate of drug-likeness (QED) is 0.0448. The van der Waals surface area contributed by atoms with Gasteiger partial charge in [-0.25, -0.2) is 0 Å². The Morgan fingerprint density at radius 1 is 0.281 bits per heavy atom. The Bertz CT molecular complexity index is 677. The molecule has 0 amide bonds. The maximum absolute atomic E-state index is 10.4. The molecule has 0 heterocycles. The van der Waals surface area contributed by atoms with Gasteiger partial charge in [0.25, 0.3) is 0 Å². The number of nitrogens with zero attached hydrogens (tertiary/aromatic N) is 2. The zero-order valence-electron chi connectivity index (χ0n) is 39.3. The van der Waals surface area contributed by atoms with Crippen molar-refractivity contribution in [3.63, 3.8) is 0 Å². The summed E-state index contributed by atoms with van der Waals surface area (Å²) in [5, 5.41) is 20.8. The molecule has 0 aliphatic carbocycles. The summed E-state index contributed by atoms with van der Waals surface area (Å²) < 4.78 is 0. The molecule has 0 rings (SSSR count). The van der Waals surface area contributed by atoms with Gasteiger partial charge in [0.2, 0.25) is 0 Å². The second kappa shape index (κ2) is 54.1. The average Bonchev–Trinajstić information content (AvgIpc) is 3.18. The van der Waals surface area contributed by atoms with Crippen molar-refractivity contribution in [2.75, 3.05) is 39.3 Å². The summed E-state index contributed by atoms with van der Waals surface area (Å²) in [7, 11) is 0. The molecule has 0 saturated carbocycles. The fraction of sp³-hybridized carbons (Fsp3) is 0.960. The van der Waals surface area contributed by atoms with Crippen molar-refractivity contribution in [1.29, 1.82) is 0 Å². The Morgan fingerprint density at radius 3 is 0.614 bits per heavy atom. The molecule has 0 saturated heterocycles. The molecule has 6 nitrogen and oxygen atoms in total. The molecule has 0 N–H and O–H groups in total. The molecule has 0 aliphatic heterocycles. The van der Waals surface area contributed by atoms with Gasteiger partial charge in [-0.05, 0) is 103 Å². The summed E-state index contributed by atoms with van der Waals surface area (Å²) in [6, 6.07) is 0. The first-order valence-corrected chi connectivity index (χ1v) is 25.2. The fourth-order valence-corrected chi connectivity index (χ4v) is 7.76. The number of carboxylic acid groups (broad SMARTS) is 2. The van der Waals surface area contributed by atoms with E-state index in [1.165, 1.54) is 245 Å². The first-order valence-electron chi connectivity index (χ1n) is 25.2. The van der Waals surface area contributed by atoms with E-state index in [4.69, 9.17) is 0 Å². The smallest absolute Gasteiger partial charge is 0.550 e. The van der Waals surface area contributed by atoms with Gasteiger partial charge < -0.3 is 29.6 Å². The van der Waals surface area contributed by atoms with E-state index < -0.39 is 11.9 Å². The Balaban J connectivity index is -0.00000101. The minimum atomic E-state index is -0.903. The van der Waals surface area contributed by atoms with Gasteiger partial charge in [0.1, 0.15) is 0 Å². The second-order valence-corrected chi connectivity index (χ2v) is 17.2. The van der Waals surface area contributed by atoms with Crippen LogP contribution in [0.25, 0.3) is 0 Å². The molecule has 0 aliphatic rings. The summed E-state index contributed by atoms with van der Waals surface area (Å²) in [6.45, 7) is 16.8. The number of hydrogen-bond donors (Lipinski definition) is 0. The van der Waals surface area contributed by atoms with E-state index in [2.05, 4.69) is 37.5 Å². The van der Waals surface area contributed by atoms with E-state index in [0.29, 0.717) is 0 Å². The normalized spacial score (nSPS) is 11.2. The zero-order valence-corrected chi connectivity index (χ0v) is 41.6. The van der Waals surface area contributed by atoms with Crippen LogP contribution in [0.2, 0.25) is 0 Å². The van der Waals surface area contributed by atoms with Crippen molar-refractivity contribution in [2.45, 2.75) is 272 Å². The summed E-state index contributed by atoms with van der Waals surface area (Å²) in [5.41, 5.74) is 0. The van der Waals surface area contributed by atoms with Gasteiger partial charge in [-0.15, -0.1) is 0 Å². The average molecular weight is 833 g/mol. The molecule has 0 fully saturated rings. The molecule has 0 aromatic heterocycles. The molecule has 0 bridgehead atoms. The van der Waals surface area contributed by atoms with Crippen molar-refractivity contribution >= 4 is 49.7 Å². The van der Waals surface area contributed by atoms with Crippen molar-refractivity contribution in [3.8, 4) is 0 Å². The molecular formula is C50H100CaN2O4. The van der Waals surface area contributed by atoms with E-state index in [1.54, 1.807) is 0 Å². The van der Waals surface area contributed by atoms with Crippen LogP contribution in [0.5, 0.6) is 0 Å². The van der Waals surface area contributed by atoms with Crippen molar-refractivity contribution in [3.05, 3.63) is 0 Å². The van der Waals surface area contributed by atoms with Crippen LogP contribution >= 0.6 is 0 Å². The Labute approximate surface area is 387 Å². The summed E-state index contributed by atoms with van der Waals surface area (Å²) in [6.07, 6.45) is 47.3. The van der Waals surface area contributed by atoms with Crippen LogP contribution in [0.4, 0.5) is 0 Å². The predicted molar refractivity (Wildman–Crippen MR) is 247 cm³/mol. The number of carboxylic acids is 2. The topological polar surface area (TPSA) is 86.7 Å². The SMILES string of the molecule is CCCCCCCCN(CCCCCCCC)CCCCCCCCC(=O)[O-].CCCCCCCCN(CCCCCCCC)CCCCCCCCC(=O)[O-].[Ca+2]. The van der Waals surface area contributed by atoms with Gasteiger partial charge >= 0.3 is 37.7 Å². The standard InChI is InChI=1S/2C25H51NO2.Ca/c2*1-3-5-7-9-14-18-22-26(23-19-15-10-8-6-4-2)24-20-16-12-11-13-17-21-25(27)28;/h2*3-24H2,1-2H3,(H,27,28);/q;;+2/p-2. The third kappa shape index (κ3) is 56.1. The maximum Gasteiger partial charge on any atom is 2.00 e. The molecule has 0 unspecified atom stereocenters. The number of aliphatic carboxylic acids is 2. The number of carbonyl (C=O) groups is 2. The van der Waals surface area contributed by atoms with E-state index >= 15 is 0 Å². The van der Waals surface area contributed by atoms with E-state index in [0.717, 1.165) is 25.7 Å². The number of unbranched alkanes of at least 4 members (excludes halogenated alkanes) is 30. The van der Waals surface area contributed by atoms with E-state index in [9.17, 15) is 19.8 Å². The predicted octanol–water partition coefficient (Wildman–Crippen LogP) is 12.6. The largest absolute Gasteiger partial charge is 2.00 e. The van der Waals surface area contributed by atoms with Crippen LogP contribution in [-0.2, 0) is 9.59 Å². The molecule has 7 heteroatoms. The van der Waals surface area contributed by atoms with Crippen LogP contribution in [0.15, 0.2) is 0 Å². The summed E-state index contributed by atoms with van der Waals surface area (Å²) in [4.78, 5) is 26.3. The van der Waals surface area contributed by atoms with Crippen molar-refractivity contribution in [2.24, 2.45) is 0 Å². The van der Waals surface area contributed by atoms with Gasteiger partial charge in [0.15, 0.2) is 0 Å². The molecule has 0 atom stereocenters. The monoisotopic (exact) mass is 833 g/mol. The number of hydrogen-bond acceptors (Lipinski definition) is 6. The molecule has 0 spiro atoms. The molecule has 336 valence electrons. The molecule has 0 aromatic carbocycles. The number of carbonyl (C=O) groups excluding carboxylic acids is 2. The Morgan fingerprint density at radius 2 is 0.439 bits per heavy atom. The third-order valence-corrected chi connectivity index (χ3v) is 11.5. The van der Waals surface area contributed by atoms with Gasteiger partial charge in [-0.2, -0.15) is 0 Å². The second-order valence-electron chi connectivity index (χ2n) is 17.2. The first-order chi connectivity index (χ1) is 27.4. The number of rotatable bonds is 46. The van der Waals surface area contributed by atoms with Crippen LogP contribution < -0.4 is 10.2 Å². The van der Waals surface area contributed by atoms with Crippen molar-refractivity contribution < 1.29 is 19.8 Å². The van der Waals surface area contributed by atoms with Crippen LogP contribution in [-0.4, -0.2) is 98.7 Å². The van der Waals surface area contributed by atoms with E-state index in [-0.39, 0.29) is 50.6 Å². The summed E-state index contributed by atoms with van der Waals surface area (Å²) in [5.74, 6) is -1.81.